The van der Waals surface area contributed by atoms with Crippen molar-refractivity contribution in [1.82, 2.24) is 29.9 Å². The molecule has 1 amide bonds. The number of fused-ring (bicyclic) bond motifs is 2. The van der Waals surface area contributed by atoms with Gasteiger partial charge in [-0.2, -0.15) is 0 Å². The number of para-hydroxylation sites is 1. The number of thiophene rings is 1. The van der Waals surface area contributed by atoms with E-state index in [1.54, 1.807) is 17.7 Å². The van der Waals surface area contributed by atoms with E-state index in [1.165, 1.54) is 4.88 Å². The van der Waals surface area contributed by atoms with E-state index in [9.17, 15) is 4.79 Å². The van der Waals surface area contributed by atoms with Crippen molar-refractivity contribution in [3.63, 3.8) is 0 Å². The Balaban J connectivity index is 1.16. The molecule has 4 heterocycles. The summed E-state index contributed by atoms with van der Waals surface area (Å²) in [5.41, 5.74) is 1.90. The van der Waals surface area contributed by atoms with E-state index in [0.29, 0.717) is 13.0 Å². The lowest BCUT2D eigenvalue weighted by atomic mass is 10.2. The Bertz CT molecular complexity index is 1210. The molecule has 1 aromatic carbocycles. The quantitative estimate of drug-likeness (QED) is 0.463. The SMILES string of the molecule is CCc1cc2c(N3CCN(C(=O)CCCn4nnc5ccccc54)CC3)ncnc2s1. The van der Waals surface area contributed by atoms with E-state index in [-0.39, 0.29) is 5.91 Å². The second-order valence-electron chi connectivity index (χ2n) is 7.76. The van der Waals surface area contributed by atoms with Gasteiger partial charge in [0.1, 0.15) is 22.5 Å². The molecule has 0 unspecified atom stereocenters. The lowest BCUT2D eigenvalue weighted by Gasteiger charge is -2.35. The Hall–Kier alpha value is -3.07. The van der Waals surface area contributed by atoms with Crippen molar-refractivity contribution < 1.29 is 4.79 Å². The molecule has 0 saturated carbocycles. The summed E-state index contributed by atoms with van der Waals surface area (Å²) < 4.78 is 1.88. The van der Waals surface area contributed by atoms with Crippen molar-refractivity contribution in [3.05, 3.63) is 41.5 Å². The highest BCUT2D eigenvalue weighted by Crippen LogP contribution is 2.31. The monoisotopic (exact) mass is 435 g/mol. The summed E-state index contributed by atoms with van der Waals surface area (Å²) in [6.07, 6.45) is 3.94. The third-order valence-electron chi connectivity index (χ3n) is 5.82. The minimum Gasteiger partial charge on any atom is -0.352 e. The fraction of sp³-hybridized carbons (Fsp3) is 0.409. The number of nitrogens with zero attached hydrogens (tertiary/aromatic N) is 7. The summed E-state index contributed by atoms with van der Waals surface area (Å²) >= 11 is 1.74. The van der Waals surface area contributed by atoms with Gasteiger partial charge in [0.15, 0.2) is 0 Å². The summed E-state index contributed by atoms with van der Waals surface area (Å²) in [6.45, 7) is 5.89. The molecule has 0 spiro atoms. The smallest absolute Gasteiger partial charge is 0.222 e. The van der Waals surface area contributed by atoms with Crippen molar-refractivity contribution in [1.29, 1.82) is 0 Å². The Morgan fingerprint density at radius 3 is 2.81 bits per heavy atom. The molecule has 0 radical (unpaired) electrons. The van der Waals surface area contributed by atoms with Crippen LogP contribution in [0.4, 0.5) is 5.82 Å². The molecular formula is C22H25N7OS. The average Bonchev–Trinajstić information content (AvgIpc) is 3.43. The fourth-order valence-electron chi connectivity index (χ4n) is 4.11. The third-order valence-corrected chi connectivity index (χ3v) is 7.01. The van der Waals surface area contributed by atoms with Crippen molar-refractivity contribution in [2.45, 2.75) is 32.7 Å². The molecule has 1 saturated heterocycles. The van der Waals surface area contributed by atoms with Gasteiger partial charge in [-0.25, -0.2) is 14.6 Å². The number of aromatic nitrogens is 5. The predicted molar refractivity (Wildman–Crippen MR) is 122 cm³/mol. The summed E-state index contributed by atoms with van der Waals surface area (Å²) in [4.78, 5) is 28.3. The number of rotatable bonds is 6. The Labute approximate surface area is 184 Å². The maximum absolute atomic E-state index is 12.7. The van der Waals surface area contributed by atoms with Gasteiger partial charge in [0, 0.05) is 44.0 Å². The van der Waals surface area contributed by atoms with E-state index >= 15 is 0 Å². The van der Waals surface area contributed by atoms with E-state index in [1.807, 2.05) is 33.8 Å². The molecular weight excluding hydrogens is 410 g/mol. The van der Waals surface area contributed by atoms with Crippen molar-refractivity contribution in [2.24, 2.45) is 0 Å². The first-order chi connectivity index (χ1) is 15.2. The number of hydrogen-bond donors (Lipinski definition) is 0. The fourth-order valence-corrected chi connectivity index (χ4v) is 5.04. The molecule has 9 heteroatoms. The second-order valence-corrected chi connectivity index (χ2v) is 8.87. The first-order valence-corrected chi connectivity index (χ1v) is 11.6. The molecule has 160 valence electrons. The number of aryl methyl sites for hydroxylation is 2. The van der Waals surface area contributed by atoms with Crippen LogP contribution in [-0.4, -0.2) is 61.9 Å². The number of benzene rings is 1. The molecule has 3 aromatic heterocycles. The summed E-state index contributed by atoms with van der Waals surface area (Å²) in [5, 5.41) is 9.51. The zero-order chi connectivity index (χ0) is 21.2. The lowest BCUT2D eigenvalue weighted by molar-refractivity contribution is -0.131. The number of hydrogen-bond acceptors (Lipinski definition) is 7. The molecule has 1 aliphatic rings. The highest BCUT2D eigenvalue weighted by atomic mass is 32.1. The molecule has 8 nitrogen and oxygen atoms in total. The summed E-state index contributed by atoms with van der Waals surface area (Å²) in [5.74, 6) is 1.20. The van der Waals surface area contributed by atoms with E-state index in [4.69, 9.17) is 0 Å². The summed E-state index contributed by atoms with van der Waals surface area (Å²) in [6, 6.07) is 10.1. The predicted octanol–water partition coefficient (Wildman–Crippen LogP) is 3.13. The van der Waals surface area contributed by atoms with Crippen molar-refractivity contribution in [2.75, 3.05) is 31.1 Å². The van der Waals surface area contributed by atoms with E-state index in [0.717, 1.165) is 66.1 Å². The second kappa shape index (κ2) is 8.58. The maximum atomic E-state index is 12.7. The van der Waals surface area contributed by atoms with Crippen LogP contribution in [0.3, 0.4) is 0 Å². The molecule has 1 fully saturated rings. The number of anilines is 1. The lowest BCUT2D eigenvalue weighted by Crippen LogP contribution is -2.49. The average molecular weight is 436 g/mol. The minimum atomic E-state index is 0.209. The third kappa shape index (κ3) is 3.97. The minimum absolute atomic E-state index is 0.209. The molecule has 0 N–H and O–H groups in total. The van der Waals surface area contributed by atoms with Gasteiger partial charge >= 0.3 is 0 Å². The maximum Gasteiger partial charge on any atom is 0.222 e. The van der Waals surface area contributed by atoms with Crippen LogP contribution < -0.4 is 4.90 Å². The van der Waals surface area contributed by atoms with E-state index in [2.05, 4.69) is 38.2 Å². The molecule has 4 aromatic rings. The number of piperazine rings is 1. The molecule has 0 aliphatic carbocycles. The summed E-state index contributed by atoms with van der Waals surface area (Å²) in [7, 11) is 0. The zero-order valence-electron chi connectivity index (χ0n) is 17.6. The molecule has 1 aliphatic heterocycles. The van der Waals surface area contributed by atoms with Gasteiger partial charge in [-0.1, -0.05) is 24.3 Å². The molecule has 0 bridgehead atoms. The highest BCUT2D eigenvalue weighted by molar-refractivity contribution is 7.18. The van der Waals surface area contributed by atoms with Crippen LogP contribution in [0, 0.1) is 0 Å². The van der Waals surface area contributed by atoms with Crippen LogP contribution in [0.15, 0.2) is 36.7 Å². The van der Waals surface area contributed by atoms with Crippen LogP contribution in [0.2, 0.25) is 0 Å². The normalized spacial score (nSPS) is 14.6. The van der Waals surface area contributed by atoms with Crippen LogP contribution in [0.25, 0.3) is 21.3 Å². The first kappa shape index (κ1) is 19.9. The van der Waals surface area contributed by atoms with Crippen LogP contribution >= 0.6 is 11.3 Å². The largest absolute Gasteiger partial charge is 0.352 e. The molecule has 5 rings (SSSR count). The van der Waals surface area contributed by atoms with Crippen LogP contribution in [-0.2, 0) is 17.8 Å². The van der Waals surface area contributed by atoms with Gasteiger partial charge < -0.3 is 9.80 Å². The van der Waals surface area contributed by atoms with Gasteiger partial charge in [-0.15, -0.1) is 16.4 Å². The van der Waals surface area contributed by atoms with Crippen LogP contribution in [0.1, 0.15) is 24.6 Å². The van der Waals surface area contributed by atoms with Crippen LogP contribution in [0.5, 0.6) is 0 Å². The number of carbonyl (C=O) groups is 1. The molecule has 31 heavy (non-hydrogen) atoms. The van der Waals surface area contributed by atoms with Gasteiger partial charge in [-0.3, -0.25) is 4.79 Å². The highest BCUT2D eigenvalue weighted by Gasteiger charge is 2.23. The van der Waals surface area contributed by atoms with Crippen molar-refractivity contribution in [3.8, 4) is 0 Å². The standard InChI is InChI=1S/C22H25N7OS/c1-2-16-14-17-21(23-15-24-22(17)31-16)28-12-10-27(11-13-28)20(30)8-5-9-29-19-7-4-3-6-18(19)25-26-29/h3-4,6-7,14-15H,2,5,8-13H2,1H3. The van der Waals surface area contributed by atoms with Gasteiger partial charge in [0.25, 0.3) is 0 Å². The zero-order valence-corrected chi connectivity index (χ0v) is 18.4. The Morgan fingerprint density at radius 2 is 1.97 bits per heavy atom. The molecule has 0 atom stereocenters. The Morgan fingerprint density at radius 1 is 1.13 bits per heavy atom. The topological polar surface area (TPSA) is 80.0 Å². The van der Waals surface area contributed by atoms with Gasteiger partial charge in [0.05, 0.1) is 10.9 Å². The van der Waals surface area contributed by atoms with E-state index < -0.39 is 0 Å². The van der Waals surface area contributed by atoms with Crippen molar-refractivity contribution >= 4 is 44.3 Å². The van der Waals surface area contributed by atoms with Gasteiger partial charge in [0.2, 0.25) is 5.91 Å². The Kier molecular flexibility index (Phi) is 5.50. The number of amides is 1. The first-order valence-electron chi connectivity index (χ1n) is 10.8. The van der Waals surface area contributed by atoms with Gasteiger partial charge in [-0.05, 0) is 31.0 Å². The number of carbonyl (C=O) groups excluding carboxylic acids is 1.